The Hall–Kier alpha value is -0.850. The third-order valence-corrected chi connectivity index (χ3v) is 5.59. The number of hydrogen-bond acceptors (Lipinski definition) is 3. The standard InChI is InChI=1S/C15H27N3O2S/c1-3-9-18-12-15(10-14(18)11-16-2)21(19,20)17-8-7-13-5-4-6-13/h10,12-13,16-17H,3-9,11H2,1-2H3. The second-order valence-corrected chi connectivity index (χ2v) is 7.64. The minimum atomic E-state index is -3.38. The lowest BCUT2D eigenvalue weighted by molar-refractivity contribution is 0.297. The summed E-state index contributed by atoms with van der Waals surface area (Å²) in [4.78, 5) is 0.384. The van der Waals surface area contributed by atoms with Crippen LogP contribution in [0.4, 0.5) is 0 Å². The van der Waals surface area contributed by atoms with Crippen LogP contribution in [0.15, 0.2) is 17.2 Å². The molecule has 0 atom stereocenters. The molecule has 1 aliphatic rings. The van der Waals surface area contributed by atoms with Crippen LogP contribution < -0.4 is 10.0 Å². The maximum atomic E-state index is 12.3. The van der Waals surface area contributed by atoms with E-state index < -0.39 is 10.0 Å². The first kappa shape index (κ1) is 16.5. The van der Waals surface area contributed by atoms with Crippen LogP contribution in [0, 0.1) is 5.92 Å². The molecule has 1 fully saturated rings. The van der Waals surface area contributed by atoms with E-state index in [4.69, 9.17) is 0 Å². The highest BCUT2D eigenvalue weighted by Gasteiger charge is 2.20. The summed E-state index contributed by atoms with van der Waals surface area (Å²) < 4.78 is 29.5. The molecule has 0 unspecified atom stereocenters. The fraction of sp³-hybridized carbons (Fsp3) is 0.733. The number of rotatable bonds is 9. The van der Waals surface area contributed by atoms with Gasteiger partial charge in [-0.15, -0.1) is 0 Å². The summed E-state index contributed by atoms with van der Waals surface area (Å²) in [6.45, 7) is 4.16. The summed E-state index contributed by atoms with van der Waals surface area (Å²) in [5.74, 6) is 0.720. The molecule has 0 radical (unpaired) electrons. The van der Waals surface area contributed by atoms with Gasteiger partial charge >= 0.3 is 0 Å². The van der Waals surface area contributed by atoms with Gasteiger partial charge in [0.05, 0.1) is 4.90 Å². The molecule has 1 aromatic rings. The van der Waals surface area contributed by atoms with Gasteiger partial charge in [-0.3, -0.25) is 0 Å². The van der Waals surface area contributed by atoms with Crippen molar-refractivity contribution in [1.29, 1.82) is 0 Å². The van der Waals surface area contributed by atoms with Crippen LogP contribution in [-0.4, -0.2) is 26.6 Å². The highest BCUT2D eigenvalue weighted by atomic mass is 32.2. The number of sulfonamides is 1. The summed E-state index contributed by atoms with van der Waals surface area (Å²) in [6, 6.07) is 1.78. The molecule has 6 heteroatoms. The quantitative estimate of drug-likeness (QED) is 0.734. The van der Waals surface area contributed by atoms with Crippen molar-refractivity contribution in [3.8, 4) is 0 Å². The molecule has 21 heavy (non-hydrogen) atoms. The van der Waals surface area contributed by atoms with Gasteiger partial charge in [0, 0.05) is 31.5 Å². The van der Waals surface area contributed by atoms with E-state index in [-0.39, 0.29) is 0 Å². The summed E-state index contributed by atoms with van der Waals surface area (Å²) in [5.41, 5.74) is 1.01. The molecule has 0 bridgehead atoms. The van der Waals surface area contributed by atoms with E-state index >= 15 is 0 Å². The highest BCUT2D eigenvalue weighted by molar-refractivity contribution is 7.89. The number of nitrogens with one attached hydrogen (secondary N) is 2. The maximum absolute atomic E-state index is 12.3. The third kappa shape index (κ3) is 4.31. The Labute approximate surface area is 128 Å². The molecule has 1 aromatic heterocycles. The van der Waals surface area contributed by atoms with E-state index in [0.29, 0.717) is 18.0 Å². The summed E-state index contributed by atoms with van der Waals surface area (Å²) in [6.07, 6.45) is 7.49. The second kappa shape index (κ2) is 7.42. The molecule has 0 amide bonds. The van der Waals surface area contributed by atoms with Crippen LogP contribution in [0.2, 0.25) is 0 Å². The molecule has 1 aliphatic carbocycles. The van der Waals surface area contributed by atoms with Crippen molar-refractivity contribution in [3.63, 3.8) is 0 Å². The van der Waals surface area contributed by atoms with Gasteiger partial charge in [0.2, 0.25) is 10.0 Å². The Morgan fingerprint density at radius 3 is 2.71 bits per heavy atom. The van der Waals surface area contributed by atoms with Crippen LogP contribution in [0.5, 0.6) is 0 Å². The van der Waals surface area contributed by atoms with E-state index in [0.717, 1.165) is 31.0 Å². The normalized spacial score (nSPS) is 16.1. The molecule has 0 aliphatic heterocycles. The highest BCUT2D eigenvalue weighted by Crippen LogP contribution is 2.28. The van der Waals surface area contributed by atoms with Crippen molar-refractivity contribution < 1.29 is 8.42 Å². The molecule has 0 spiro atoms. The fourth-order valence-electron chi connectivity index (χ4n) is 2.71. The van der Waals surface area contributed by atoms with Gasteiger partial charge in [0.15, 0.2) is 0 Å². The molecule has 0 saturated heterocycles. The first-order chi connectivity index (χ1) is 10.1. The van der Waals surface area contributed by atoms with Gasteiger partial charge in [-0.2, -0.15) is 0 Å². The van der Waals surface area contributed by atoms with E-state index in [9.17, 15) is 8.42 Å². The Balaban J connectivity index is 2.01. The molecule has 1 saturated carbocycles. The zero-order valence-corrected chi connectivity index (χ0v) is 13.9. The van der Waals surface area contributed by atoms with Crippen LogP contribution >= 0.6 is 0 Å². The second-order valence-electron chi connectivity index (χ2n) is 5.87. The van der Waals surface area contributed by atoms with Crippen LogP contribution in [0.3, 0.4) is 0 Å². The lowest BCUT2D eigenvalue weighted by Crippen LogP contribution is -2.27. The Bertz CT molecular complexity index is 524. The lowest BCUT2D eigenvalue weighted by Gasteiger charge is -2.24. The SMILES string of the molecule is CCCn1cc(S(=O)(=O)NCCC2CCC2)cc1CNC. The van der Waals surface area contributed by atoms with Crippen molar-refractivity contribution in [2.24, 2.45) is 5.92 Å². The Kier molecular flexibility index (Phi) is 5.84. The zero-order valence-electron chi connectivity index (χ0n) is 13.1. The molecular weight excluding hydrogens is 286 g/mol. The topological polar surface area (TPSA) is 63.1 Å². The van der Waals surface area contributed by atoms with E-state index in [1.807, 2.05) is 11.6 Å². The monoisotopic (exact) mass is 313 g/mol. The summed E-state index contributed by atoms with van der Waals surface area (Å²) >= 11 is 0. The maximum Gasteiger partial charge on any atom is 0.242 e. The van der Waals surface area contributed by atoms with Gasteiger partial charge in [0.25, 0.3) is 0 Å². The molecule has 0 aromatic carbocycles. The molecular formula is C15H27N3O2S. The van der Waals surface area contributed by atoms with Crippen molar-refractivity contribution in [2.45, 2.75) is 57.0 Å². The predicted octanol–water partition coefficient (Wildman–Crippen LogP) is 2.09. The average molecular weight is 313 g/mol. The van der Waals surface area contributed by atoms with Crippen LogP contribution in [0.1, 0.15) is 44.7 Å². The fourth-order valence-corrected chi connectivity index (χ4v) is 3.82. The summed E-state index contributed by atoms with van der Waals surface area (Å²) in [5, 5.41) is 3.08. The Morgan fingerprint density at radius 2 is 2.14 bits per heavy atom. The van der Waals surface area contributed by atoms with Gasteiger partial charge < -0.3 is 9.88 Å². The molecule has 2 rings (SSSR count). The summed E-state index contributed by atoms with van der Waals surface area (Å²) in [7, 11) is -1.51. The molecule has 120 valence electrons. The molecule has 2 N–H and O–H groups in total. The van der Waals surface area contributed by atoms with Crippen molar-refractivity contribution in [3.05, 3.63) is 18.0 Å². The van der Waals surface area contributed by atoms with Gasteiger partial charge in [-0.1, -0.05) is 26.2 Å². The average Bonchev–Trinajstić information content (AvgIpc) is 2.78. The van der Waals surface area contributed by atoms with Gasteiger partial charge in [-0.25, -0.2) is 13.1 Å². The predicted molar refractivity (Wildman–Crippen MR) is 84.6 cm³/mol. The van der Waals surface area contributed by atoms with Crippen molar-refractivity contribution in [1.82, 2.24) is 14.6 Å². The third-order valence-electron chi connectivity index (χ3n) is 4.16. The molecule has 5 nitrogen and oxygen atoms in total. The lowest BCUT2D eigenvalue weighted by atomic mass is 9.83. The smallest absolute Gasteiger partial charge is 0.242 e. The Morgan fingerprint density at radius 1 is 1.38 bits per heavy atom. The number of aryl methyl sites for hydroxylation is 1. The van der Waals surface area contributed by atoms with Crippen molar-refractivity contribution >= 4 is 10.0 Å². The van der Waals surface area contributed by atoms with Crippen molar-refractivity contribution in [2.75, 3.05) is 13.6 Å². The first-order valence-electron chi connectivity index (χ1n) is 7.90. The number of aromatic nitrogens is 1. The van der Waals surface area contributed by atoms with E-state index in [1.165, 1.54) is 19.3 Å². The van der Waals surface area contributed by atoms with E-state index in [2.05, 4.69) is 17.0 Å². The van der Waals surface area contributed by atoms with Crippen LogP contribution in [-0.2, 0) is 23.1 Å². The number of nitrogens with zero attached hydrogens (tertiary/aromatic N) is 1. The first-order valence-corrected chi connectivity index (χ1v) is 9.38. The minimum absolute atomic E-state index is 0.384. The molecule has 1 heterocycles. The van der Waals surface area contributed by atoms with Gasteiger partial charge in [0.1, 0.15) is 0 Å². The minimum Gasteiger partial charge on any atom is -0.349 e. The largest absolute Gasteiger partial charge is 0.349 e. The zero-order chi connectivity index (χ0) is 15.3. The number of hydrogen-bond donors (Lipinski definition) is 2. The van der Waals surface area contributed by atoms with E-state index in [1.54, 1.807) is 12.3 Å². The van der Waals surface area contributed by atoms with Crippen LogP contribution in [0.25, 0.3) is 0 Å². The van der Waals surface area contributed by atoms with Gasteiger partial charge in [-0.05, 0) is 31.9 Å².